The number of anilines is 2. The van der Waals surface area contributed by atoms with Crippen molar-refractivity contribution in [2.75, 3.05) is 16.8 Å². The van der Waals surface area contributed by atoms with E-state index in [1.165, 1.54) is 5.56 Å². The van der Waals surface area contributed by atoms with Crippen LogP contribution in [0.4, 0.5) is 16.2 Å². The van der Waals surface area contributed by atoms with Crippen LogP contribution in [0.3, 0.4) is 0 Å². The first-order valence-corrected chi connectivity index (χ1v) is 10.3. The van der Waals surface area contributed by atoms with Gasteiger partial charge in [-0.25, -0.2) is 4.79 Å². The molecule has 3 aromatic rings. The minimum atomic E-state index is -0.337. The van der Waals surface area contributed by atoms with Crippen molar-refractivity contribution in [1.29, 1.82) is 0 Å². The van der Waals surface area contributed by atoms with Gasteiger partial charge in [0.1, 0.15) is 11.5 Å². The third kappa shape index (κ3) is 5.04. The molecule has 1 fully saturated rings. The van der Waals surface area contributed by atoms with Crippen molar-refractivity contribution in [2.24, 2.45) is 0 Å². The molecule has 3 amide bonds. The molecule has 0 aromatic heterocycles. The summed E-state index contributed by atoms with van der Waals surface area (Å²) in [4.78, 5) is 26.6. The molecule has 0 aliphatic carbocycles. The van der Waals surface area contributed by atoms with Gasteiger partial charge in [0.25, 0.3) is 0 Å². The van der Waals surface area contributed by atoms with Crippen LogP contribution in [0.15, 0.2) is 72.8 Å². The molecule has 1 aliphatic heterocycles. The smallest absolute Gasteiger partial charge is 0.319 e. The Morgan fingerprint density at radius 1 is 0.935 bits per heavy atom. The van der Waals surface area contributed by atoms with Gasteiger partial charge in [0.15, 0.2) is 0 Å². The number of ether oxygens (including phenoxy) is 1. The van der Waals surface area contributed by atoms with E-state index >= 15 is 0 Å². The largest absolute Gasteiger partial charge is 0.457 e. The van der Waals surface area contributed by atoms with E-state index in [-0.39, 0.29) is 24.4 Å². The number of rotatable bonds is 5. The number of carbonyl (C=O) groups excluding carboxylic acids is 2. The van der Waals surface area contributed by atoms with Crippen molar-refractivity contribution in [3.8, 4) is 11.5 Å². The fourth-order valence-corrected chi connectivity index (χ4v) is 3.53. The van der Waals surface area contributed by atoms with Gasteiger partial charge in [-0.05, 0) is 73.5 Å². The Bertz CT molecular complexity index is 1080. The second kappa shape index (κ2) is 8.92. The number of amides is 3. The molecule has 158 valence electrons. The Labute approximate surface area is 181 Å². The lowest BCUT2D eigenvalue weighted by molar-refractivity contribution is -0.117. The molecule has 0 bridgehead atoms. The van der Waals surface area contributed by atoms with E-state index in [2.05, 4.69) is 10.6 Å². The Balaban J connectivity index is 1.31. The fraction of sp³-hybridized carbons (Fsp3) is 0.200. The summed E-state index contributed by atoms with van der Waals surface area (Å²) in [7, 11) is 0. The molecule has 2 N–H and O–H groups in total. The molecule has 3 aromatic carbocycles. The number of benzene rings is 3. The Morgan fingerprint density at radius 3 is 2.35 bits per heavy atom. The third-order valence-electron chi connectivity index (χ3n) is 5.35. The highest BCUT2D eigenvalue weighted by atomic mass is 16.5. The third-order valence-corrected chi connectivity index (χ3v) is 5.35. The molecule has 0 unspecified atom stereocenters. The highest BCUT2D eigenvalue weighted by Gasteiger charge is 2.31. The first kappa shape index (κ1) is 20.5. The van der Waals surface area contributed by atoms with Gasteiger partial charge in [-0.15, -0.1) is 0 Å². The zero-order valence-corrected chi connectivity index (χ0v) is 17.6. The topological polar surface area (TPSA) is 70.7 Å². The molecule has 6 heteroatoms. The summed E-state index contributed by atoms with van der Waals surface area (Å²) in [5.74, 6) is 1.44. The van der Waals surface area contributed by atoms with E-state index in [0.29, 0.717) is 18.0 Å². The fourth-order valence-electron chi connectivity index (χ4n) is 3.53. The Morgan fingerprint density at radius 2 is 1.65 bits per heavy atom. The number of aryl methyl sites for hydroxylation is 2. The van der Waals surface area contributed by atoms with Crippen molar-refractivity contribution >= 4 is 23.3 Å². The summed E-state index contributed by atoms with van der Waals surface area (Å²) in [6, 6.07) is 22.0. The molecule has 1 aliphatic rings. The quantitative estimate of drug-likeness (QED) is 0.614. The maximum atomic E-state index is 12.4. The van der Waals surface area contributed by atoms with Gasteiger partial charge in [0.05, 0.1) is 6.04 Å². The first-order valence-electron chi connectivity index (χ1n) is 10.3. The molecule has 1 atom stereocenters. The van der Waals surface area contributed by atoms with E-state index in [4.69, 9.17) is 4.74 Å². The van der Waals surface area contributed by atoms with Crippen molar-refractivity contribution in [3.05, 3.63) is 83.9 Å². The number of carbonyl (C=O) groups is 2. The van der Waals surface area contributed by atoms with Crippen molar-refractivity contribution in [2.45, 2.75) is 26.3 Å². The van der Waals surface area contributed by atoms with Crippen LogP contribution in [0.5, 0.6) is 11.5 Å². The van der Waals surface area contributed by atoms with Gasteiger partial charge in [0.2, 0.25) is 5.91 Å². The number of para-hydroxylation sites is 1. The average molecular weight is 415 g/mol. The van der Waals surface area contributed by atoms with E-state index in [1.807, 2.05) is 62.4 Å². The monoisotopic (exact) mass is 415 g/mol. The summed E-state index contributed by atoms with van der Waals surface area (Å²) in [5.41, 5.74) is 3.84. The summed E-state index contributed by atoms with van der Waals surface area (Å²) in [5, 5.41) is 5.70. The van der Waals surface area contributed by atoms with Gasteiger partial charge in [-0.3, -0.25) is 4.79 Å². The van der Waals surface area contributed by atoms with Gasteiger partial charge in [0, 0.05) is 24.3 Å². The van der Waals surface area contributed by atoms with Crippen LogP contribution in [0.2, 0.25) is 0 Å². The molecule has 0 radical (unpaired) electrons. The van der Waals surface area contributed by atoms with Crippen LogP contribution in [0.25, 0.3) is 0 Å². The molecule has 6 nitrogen and oxygen atoms in total. The summed E-state index contributed by atoms with van der Waals surface area (Å²) in [6.07, 6.45) is 0.282. The van der Waals surface area contributed by atoms with E-state index in [9.17, 15) is 9.59 Å². The SMILES string of the molecule is Cc1ccc(N2C[C@@H](NC(=O)Nc3ccc(Oc4ccccc4)cc3)CC2=O)cc1C. The summed E-state index contributed by atoms with van der Waals surface area (Å²) in [6.45, 7) is 4.53. The molecule has 4 rings (SSSR count). The standard InChI is InChI=1S/C25H25N3O3/c1-17-8-11-21(14-18(17)2)28-16-20(15-24(28)29)27-25(30)26-19-9-12-23(13-10-19)31-22-6-4-3-5-7-22/h3-14,20H,15-16H2,1-2H3,(H2,26,27,30)/t20-/m0/s1. The van der Waals surface area contributed by atoms with Crippen molar-refractivity contribution in [1.82, 2.24) is 5.32 Å². The van der Waals surface area contributed by atoms with Crippen LogP contribution in [0.1, 0.15) is 17.5 Å². The molecule has 0 saturated carbocycles. The van der Waals surface area contributed by atoms with Crippen molar-refractivity contribution < 1.29 is 14.3 Å². The first-order chi connectivity index (χ1) is 15.0. The molecule has 1 heterocycles. The van der Waals surface area contributed by atoms with Crippen LogP contribution >= 0.6 is 0 Å². The highest BCUT2D eigenvalue weighted by Crippen LogP contribution is 2.25. The second-order valence-electron chi connectivity index (χ2n) is 7.71. The average Bonchev–Trinajstić information content (AvgIpc) is 3.12. The van der Waals surface area contributed by atoms with E-state index < -0.39 is 0 Å². The molecular formula is C25H25N3O3. The van der Waals surface area contributed by atoms with Gasteiger partial charge < -0.3 is 20.3 Å². The van der Waals surface area contributed by atoms with E-state index in [1.54, 1.807) is 29.2 Å². The summed E-state index contributed by atoms with van der Waals surface area (Å²) >= 11 is 0. The van der Waals surface area contributed by atoms with Crippen LogP contribution < -0.4 is 20.3 Å². The number of nitrogens with zero attached hydrogens (tertiary/aromatic N) is 1. The van der Waals surface area contributed by atoms with Crippen LogP contribution in [-0.2, 0) is 4.79 Å². The van der Waals surface area contributed by atoms with Crippen LogP contribution in [0, 0.1) is 13.8 Å². The minimum Gasteiger partial charge on any atom is -0.457 e. The summed E-state index contributed by atoms with van der Waals surface area (Å²) < 4.78 is 5.76. The van der Waals surface area contributed by atoms with Gasteiger partial charge in [-0.2, -0.15) is 0 Å². The Hall–Kier alpha value is -3.80. The maximum Gasteiger partial charge on any atom is 0.319 e. The predicted octanol–water partition coefficient (Wildman–Crippen LogP) is 5.02. The molecule has 1 saturated heterocycles. The van der Waals surface area contributed by atoms with Gasteiger partial charge >= 0.3 is 6.03 Å². The highest BCUT2D eigenvalue weighted by molar-refractivity contribution is 5.97. The number of nitrogens with one attached hydrogen (secondary N) is 2. The lowest BCUT2D eigenvalue weighted by Crippen LogP contribution is -2.39. The normalized spacial score (nSPS) is 15.6. The molecule has 0 spiro atoms. The Kier molecular flexibility index (Phi) is 5.89. The number of hydrogen-bond donors (Lipinski definition) is 2. The molecule has 31 heavy (non-hydrogen) atoms. The second-order valence-corrected chi connectivity index (χ2v) is 7.71. The maximum absolute atomic E-state index is 12.4. The zero-order chi connectivity index (χ0) is 21.8. The predicted molar refractivity (Wildman–Crippen MR) is 122 cm³/mol. The lowest BCUT2D eigenvalue weighted by Gasteiger charge is -2.18. The minimum absolute atomic E-state index is 0.0102. The van der Waals surface area contributed by atoms with Gasteiger partial charge in [-0.1, -0.05) is 24.3 Å². The van der Waals surface area contributed by atoms with E-state index in [0.717, 1.165) is 17.0 Å². The zero-order valence-electron chi connectivity index (χ0n) is 17.6. The van der Waals surface area contributed by atoms with Crippen molar-refractivity contribution in [3.63, 3.8) is 0 Å². The lowest BCUT2D eigenvalue weighted by atomic mass is 10.1. The number of hydrogen-bond acceptors (Lipinski definition) is 3. The number of urea groups is 1. The molecular weight excluding hydrogens is 390 g/mol. The van der Waals surface area contributed by atoms with Crippen LogP contribution in [-0.4, -0.2) is 24.5 Å².